The predicted octanol–water partition coefficient (Wildman–Crippen LogP) is 3.82. The fourth-order valence-corrected chi connectivity index (χ4v) is 3.24. The molecule has 1 unspecified atom stereocenters. The van der Waals surface area contributed by atoms with E-state index in [0.29, 0.717) is 12.0 Å². The average molecular weight is 242 g/mol. The van der Waals surface area contributed by atoms with Crippen molar-refractivity contribution < 1.29 is 0 Å². The molecule has 0 spiro atoms. The molecule has 1 aliphatic rings. The molecule has 1 saturated carbocycles. The lowest BCUT2D eigenvalue weighted by Crippen LogP contribution is -2.08. The number of benzene rings is 1. The smallest absolute Gasteiger partial charge is 0.0485 e. The Labute approximate surface area is 109 Å². The Morgan fingerprint density at radius 3 is 2.72 bits per heavy atom. The van der Waals surface area contributed by atoms with E-state index >= 15 is 0 Å². The highest BCUT2D eigenvalue weighted by atomic mass is 15.0. The van der Waals surface area contributed by atoms with E-state index in [-0.39, 0.29) is 0 Å². The van der Waals surface area contributed by atoms with Crippen molar-refractivity contribution in [2.45, 2.75) is 44.6 Å². The van der Waals surface area contributed by atoms with Crippen molar-refractivity contribution in [1.82, 2.24) is 4.57 Å². The molecule has 0 saturated heterocycles. The fourth-order valence-electron chi connectivity index (χ4n) is 3.24. The summed E-state index contributed by atoms with van der Waals surface area (Å²) in [6.45, 7) is 2.94. The topological polar surface area (TPSA) is 30.9 Å². The first-order valence-electron chi connectivity index (χ1n) is 7.11. The quantitative estimate of drug-likeness (QED) is 0.871. The molecule has 96 valence electrons. The van der Waals surface area contributed by atoms with Gasteiger partial charge in [-0.15, -0.1) is 0 Å². The van der Waals surface area contributed by atoms with Crippen molar-refractivity contribution in [3.63, 3.8) is 0 Å². The number of para-hydroxylation sites is 1. The summed E-state index contributed by atoms with van der Waals surface area (Å²) in [6.07, 6.45) is 7.76. The van der Waals surface area contributed by atoms with Crippen LogP contribution in [-0.4, -0.2) is 11.1 Å². The summed E-state index contributed by atoms with van der Waals surface area (Å²) in [5.74, 6) is 0.442. The van der Waals surface area contributed by atoms with Crippen LogP contribution in [0, 0.1) is 0 Å². The van der Waals surface area contributed by atoms with Gasteiger partial charge in [-0.25, -0.2) is 0 Å². The second-order valence-corrected chi connectivity index (χ2v) is 5.58. The van der Waals surface area contributed by atoms with Crippen LogP contribution in [0.25, 0.3) is 10.9 Å². The third kappa shape index (κ3) is 1.85. The van der Waals surface area contributed by atoms with Crippen LogP contribution < -0.4 is 5.73 Å². The van der Waals surface area contributed by atoms with Crippen molar-refractivity contribution in [2.75, 3.05) is 6.54 Å². The zero-order valence-electron chi connectivity index (χ0n) is 11.1. The average Bonchev–Trinajstić information content (AvgIpc) is 3.04. The predicted molar refractivity (Wildman–Crippen MR) is 76.9 cm³/mol. The molecular formula is C16H22N2. The van der Waals surface area contributed by atoms with Gasteiger partial charge in [-0.3, -0.25) is 0 Å². The van der Waals surface area contributed by atoms with E-state index in [1.165, 1.54) is 42.1 Å². The Balaban J connectivity index is 2.13. The van der Waals surface area contributed by atoms with E-state index in [4.69, 9.17) is 5.73 Å². The van der Waals surface area contributed by atoms with Gasteiger partial charge in [0, 0.05) is 23.1 Å². The minimum absolute atomic E-state index is 0.442. The molecule has 2 nitrogen and oxygen atoms in total. The first kappa shape index (κ1) is 11.8. The Hall–Kier alpha value is -1.28. The van der Waals surface area contributed by atoms with E-state index in [1.54, 1.807) is 0 Å². The van der Waals surface area contributed by atoms with E-state index in [1.807, 2.05) is 0 Å². The fraction of sp³-hybridized carbons (Fsp3) is 0.500. The summed E-state index contributed by atoms with van der Waals surface area (Å²) >= 11 is 0. The van der Waals surface area contributed by atoms with E-state index in [2.05, 4.69) is 42.0 Å². The van der Waals surface area contributed by atoms with Crippen LogP contribution in [0.3, 0.4) is 0 Å². The number of aromatic nitrogens is 1. The molecule has 0 aliphatic heterocycles. The zero-order valence-corrected chi connectivity index (χ0v) is 11.1. The van der Waals surface area contributed by atoms with Gasteiger partial charge in [0.1, 0.15) is 0 Å². The second kappa shape index (κ2) is 4.77. The Bertz CT molecular complexity index is 535. The molecule has 1 heterocycles. The molecule has 2 aromatic rings. The molecule has 0 bridgehead atoms. The molecule has 1 atom stereocenters. The maximum absolute atomic E-state index is 5.85. The highest BCUT2D eigenvalue weighted by molar-refractivity contribution is 5.84. The Morgan fingerprint density at radius 1 is 1.28 bits per heavy atom. The molecule has 1 aromatic carbocycles. The first-order valence-corrected chi connectivity index (χ1v) is 7.11. The second-order valence-electron chi connectivity index (χ2n) is 5.58. The van der Waals surface area contributed by atoms with E-state index < -0.39 is 0 Å². The molecule has 18 heavy (non-hydrogen) atoms. The summed E-state index contributed by atoms with van der Waals surface area (Å²) in [5.41, 5.74) is 8.65. The molecule has 0 amide bonds. The minimum Gasteiger partial charge on any atom is -0.344 e. The first-order chi connectivity index (χ1) is 8.81. The van der Waals surface area contributed by atoms with Crippen molar-refractivity contribution in [3.8, 4) is 0 Å². The molecule has 0 radical (unpaired) electrons. The molecule has 1 fully saturated rings. The molecule has 2 heteroatoms. The van der Waals surface area contributed by atoms with Gasteiger partial charge in [-0.1, -0.05) is 38.0 Å². The Morgan fingerprint density at radius 2 is 2.00 bits per heavy atom. The lowest BCUT2D eigenvalue weighted by molar-refractivity contribution is 0.533. The normalized spacial score (nSPS) is 18.6. The van der Waals surface area contributed by atoms with Crippen molar-refractivity contribution >= 4 is 10.9 Å². The van der Waals surface area contributed by atoms with E-state index in [0.717, 1.165) is 6.54 Å². The molecule has 3 rings (SSSR count). The molecule has 1 aliphatic carbocycles. The number of fused-ring (bicyclic) bond motifs is 1. The van der Waals surface area contributed by atoms with Gasteiger partial charge in [-0.05, 0) is 36.9 Å². The van der Waals surface area contributed by atoms with Gasteiger partial charge < -0.3 is 10.3 Å². The van der Waals surface area contributed by atoms with Crippen molar-refractivity contribution in [1.29, 1.82) is 0 Å². The lowest BCUT2D eigenvalue weighted by Gasteiger charge is -2.13. The van der Waals surface area contributed by atoms with Gasteiger partial charge in [0.15, 0.2) is 0 Å². The third-order valence-electron chi connectivity index (χ3n) is 4.37. The number of nitrogens with two attached hydrogens (primary N) is 1. The molecule has 2 N–H and O–H groups in total. The summed E-state index contributed by atoms with van der Waals surface area (Å²) in [7, 11) is 0. The van der Waals surface area contributed by atoms with Crippen LogP contribution in [0.4, 0.5) is 0 Å². The van der Waals surface area contributed by atoms with E-state index in [9.17, 15) is 0 Å². The van der Waals surface area contributed by atoms with Crippen molar-refractivity contribution in [2.24, 2.45) is 5.73 Å². The van der Waals surface area contributed by atoms with Crippen LogP contribution >= 0.6 is 0 Å². The van der Waals surface area contributed by atoms with Crippen LogP contribution in [0.15, 0.2) is 30.5 Å². The minimum atomic E-state index is 0.442. The van der Waals surface area contributed by atoms with Crippen molar-refractivity contribution in [3.05, 3.63) is 36.0 Å². The van der Waals surface area contributed by atoms with Gasteiger partial charge in [-0.2, -0.15) is 0 Å². The SMILES string of the molecule is CC(CN)c1cn(C2CCCC2)c2ccccc12. The third-order valence-corrected chi connectivity index (χ3v) is 4.37. The lowest BCUT2D eigenvalue weighted by atomic mass is 10.0. The highest BCUT2D eigenvalue weighted by Gasteiger charge is 2.21. The number of hydrogen-bond acceptors (Lipinski definition) is 1. The zero-order chi connectivity index (χ0) is 12.5. The maximum atomic E-state index is 5.85. The van der Waals surface area contributed by atoms with Crippen LogP contribution in [0.2, 0.25) is 0 Å². The summed E-state index contributed by atoms with van der Waals surface area (Å²) < 4.78 is 2.50. The van der Waals surface area contributed by atoms with Gasteiger partial charge in [0.2, 0.25) is 0 Å². The van der Waals surface area contributed by atoms with Crippen LogP contribution in [0.1, 0.15) is 50.1 Å². The van der Waals surface area contributed by atoms with Gasteiger partial charge in [0.05, 0.1) is 0 Å². The summed E-state index contributed by atoms with van der Waals surface area (Å²) in [5, 5.41) is 1.39. The van der Waals surface area contributed by atoms with Crippen LogP contribution in [-0.2, 0) is 0 Å². The summed E-state index contributed by atoms with van der Waals surface area (Å²) in [4.78, 5) is 0. The summed E-state index contributed by atoms with van der Waals surface area (Å²) in [6, 6.07) is 9.47. The maximum Gasteiger partial charge on any atom is 0.0485 e. The largest absolute Gasteiger partial charge is 0.344 e. The highest BCUT2D eigenvalue weighted by Crippen LogP contribution is 2.36. The number of nitrogens with zero attached hydrogens (tertiary/aromatic N) is 1. The number of hydrogen-bond donors (Lipinski definition) is 1. The van der Waals surface area contributed by atoms with Gasteiger partial charge in [0.25, 0.3) is 0 Å². The monoisotopic (exact) mass is 242 g/mol. The van der Waals surface area contributed by atoms with Gasteiger partial charge >= 0.3 is 0 Å². The van der Waals surface area contributed by atoms with Crippen LogP contribution in [0.5, 0.6) is 0 Å². The Kier molecular flexibility index (Phi) is 3.13. The number of rotatable bonds is 3. The standard InChI is InChI=1S/C16H22N2/c1-12(10-17)15-11-18(13-6-2-3-7-13)16-9-5-4-8-14(15)16/h4-5,8-9,11-13H,2-3,6-7,10,17H2,1H3. The molecule has 1 aromatic heterocycles. The molecular weight excluding hydrogens is 220 g/mol.